The zero-order valence-electron chi connectivity index (χ0n) is 10.9. The summed E-state index contributed by atoms with van der Waals surface area (Å²) >= 11 is 1.54. The van der Waals surface area contributed by atoms with Crippen LogP contribution in [0.3, 0.4) is 0 Å². The Morgan fingerprint density at radius 3 is 2.70 bits per heavy atom. The van der Waals surface area contributed by atoms with Gasteiger partial charge in [-0.25, -0.2) is 4.98 Å². The summed E-state index contributed by atoms with van der Waals surface area (Å²) < 4.78 is 5.31. The molecule has 100 valence electrons. The summed E-state index contributed by atoms with van der Waals surface area (Å²) in [6.45, 7) is 0. The van der Waals surface area contributed by atoms with Crippen molar-refractivity contribution < 1.29 is 4.74 Å². The minimum Gasteiger partial charge on any atom is -0.495 e. The van der Waals surface area contributed by atoms with Crippen LogP contribution in [0.4, 0.5) is 10.8 Å². The Hall–Kier alpha value is -2.40. The molecule has 0 spiro atoms. The van der Waals surface area contributed by atoms with Gasteiger partial charge in [0.2, 0.25) is 0 Å². The van der Waals surface area contributed by atoms with Crippen LogP contribution >= 0.6 is 11.3 Å². The maximum absolute atomic E-state index is 5.31. The van der Waals surface area contributed by atoms with Gasteiger partial charge in [-0.1, -0.05) is 18.2 Å². The van der Waals surface area contributed by atoms with Crippen LogP contribution in [-0.4, -0.2) is 17.1 Å². The standard InChI is InChI=1S/C15H13N3OS/c1-19-14-8-3-2-7-12(14)17-15-18-13(10-20-15)11-6-4-5-9-16-11/h2-10H,1H3,(H,17,18). The van der Waals surface area contributed by atoms with Gasteiger partial charge < -0.3 is 10.1 Å². The van der Waals surface area contributed by atoms with Crippen LogP contribution in [0.15, 0.2) is 54.0 Å². The number of aromatic nitrogens is 2. The van der Waals surface area contributed by atoms with Crippen molar-refractivity contribution in [1.29, 1.82) is 0 Å². The number of hydrogen-bond donors (Lipinski definition) is 1. The molecule has 0 aliphatic heterocycles. The van der Waals surface area contributed by atoms with Crippen molar-refractivity contribution in [2.75, 3.05) is 12.4 Å². The SMILES string of the molecule is COc1ccccc1Nc1nc(-c2ccccn2)cs1. The molecule has 0 saturated heterocycles. The normalized spacial score (nSPS) is 10.2. The lowest BCUT2D eigenvalue weighted by atomic mass is 10.3. The molecule has 1 aromatic carbocycles. The number of nitrogens with one attached hydrogen (secondary N) is 1. The first-order chi connectivity index (χ1) is 9.86. The van der Waals surface area contributed by atoms with Crippen molar-refractivity contribution in [3.8, 4) is 17.1 Å². The van der Waals surface area contributed by atoms with Gasteiger partial charge in [-0.05, 0) is 24.3 Å². The molecule has 0 aliphatic carbocycles. The molecule has 5 heteroatoms. The predicted octanol–water partition coefficient (Wildman–Crippen LogP) is 3.96. The Morgan fingerprint density at radius 2 is 1.90 bits per heavy atom. The van der Waals surface area contributed by atoms with Gasteiger partial charge in [0.05, 0.1) is 18.5 Å². The van der Waals surface area contributed by atoms with E-state index in [-0.39, 0.29) is 0 Å². The molecule has 0 saturated carbocycles. The van der Waals surface area contributed by atoms with Gasteiger partial charge in [-0.15, -0.1) is 11.3 Å². The van der Waals surface area contributed by atoms with Crippen LogP contribution in [0.25, 0.3) is 11.4 Å². The molecule has 0 bridgehead atoms. The van der Waals surface area contributed by atoms with Crippen LogP contribution in [0.5, 0.6) is 5.75 Å². The average molecular weight is 283 g/mol. The van der Waals surface area contributed by atoms with Crippen molar-refractivity contribution >= 4 is 22.2 Å². The van der Waals surface area contributed by atoms with Crippen LogP contribution < -0.4 is 10.1 Å². The van der Waals surface area contributed by atoms with Crippen molar-refractivity contribution in [1.82, 2.24) is 9.97 Å². The van der Waals surface area contributed by atoms with E-state index in [9.17, 15) is 0 Å². The molecular weight excluding hydrogens is 270 g/mol. The first-order valence-corrected chi connectivity index (χ1v) is 7.02. The number of ether oxygens (including phenoxy) is 1. The first kappa shape index (κ1) is 12.6. The van der Waals surface area contributed by atoms with Crippen LogP contribution in [-0.2, 0) is 0 Å². The van der Waals surface area contributed by atoms with E-state index in [0.717, 1.165) is 28.0 Å². The number of methoxy groups -OCH3 is 1. The molecule has 1 N–H and O–H groups in total. The highest BCUT2D eigenvalue weighted by Gasteiger charge is 2.07. The Bertz CT molecular complexity index is 697. The van der Waals surface area contributed by atoms with Gasteiger partial charge in [0.1, 0.15) is 11.4 Å². The summed E-state index contributed by atoms with van der Waals surface area (Å²) in [7, 11) is 1.65. The second kappa shape index (κ2) is 5.71. The Balaban J connectivity index is 1.84. The van der Waals surface area contributed by atoms with Crippen LogP contribution in [0.1, 0.15) is 0 Å². The molecule has 2 heterocycles. The summed E-state index contributed by atoms with van der Waals surface area (Å²) in [5.41, 5.74) is 2.64. The Kier molecular flexibility index (Phi) is 3.60. The van der Waals surface area contributed by atoms with Gasteiger partial charge in [-0.3, -0.25) is 4.98 Å². The largest absolute Gasteiger partial charge is 0.495 e. The minimum atomic E-state index is 0.794. The Labute approximate surface area is 121 Å². The summed E-state index contributed by atoms with van der Waals surface area (Å²) in [6, 6.07) is 13.6. The second-order valence-electron chi connectivity index (χ2n) is 4.08. The molecule has 20 heavy (non-hydrogen) atoms. The van der Waals surface area contributed by atoms with Gasteiger partial charge >= 0.3 is 0 Å². The summed E-state index contributed by atoms with van der Waals surface area (Å²) in [4.78, 5) is 8.84. The molecule has 0 fully saturated rings. The number of benzene rings is 1. The predicted molar refractivity (Wildman–Crippen MR) is 81.6 cm³/mol. The van der Waals surface area contributed by atoms with E-state index in [2.05, 4.69) is 15.3 Å². The molecule has 0 atom stereocenters. The van der Waals surface area contributed by atoms with Gasteiger partial charge in [0, 0.05) is 11.6 Å². The molecule has 3 rings (SSSR count). The van der Waals surface area contributed by atoms with Crippen molar-refractivity contribution in [2.24, 2.45) is 0 Å². The number of thiazole rings is 1. The molecule has 0 aliphatic rings. The zero-order chi connectivity index (χ0) is 13.8. The van der Waals surface area contributed by atoms with E-state index in [1.165, 1.54) is 0 Å². The highest BCUT2D eigenvalue weighted by atomic mass is 32.1. The smallest absolute Gasteiger partial charge is 0.187 e. The van der Waals surface area contributed by atoms with E-state index >= 15 is 0 Å². The maximum Gasteiger partial charge on any atom is 0.187 e. The number of nitrogens with zero attached hydrogens (tertiary/aromatic N) is 2. The van der Waals surface area contributed by atoms with Crippen molar-refractivity contribution in [2.45, 2.75) is 0 Å². The second-order valence-corrected chi connectivity index (χ2v) is 4.94. The fraction of sp³-hybridized carbons (Fsp3) is 0.0667. The lowest BCUT2D eigenvalue weighted by Gasteiger charge is -2.07. The molecular formula is C15H13N3OS. The third-order valence-electron chi connectivity index (χ3n) is 2.78. The monoisotopic (exact) mass is 283 g/mol. The molecule has 4 nitrogen and oxygen atoms in total. The van der Waals surface area contributed by atoms with Crippen molar-refractivity contribution in [3.05, 3.63) is 54.0 Å². The lowest BCUT2D eigenvalue weighted by molar-refractivity contribution is 0.417. The molecule has 2 aromatic heterocycles. The fourth-order valence-corrected chi connectivity index (χ4v) is 2.54. The fourth-order valence-electron chi connectivity index (χ4n) is 1.83. The number of pyridine rings is 1. The minimum absolute atomic E-state index is 0.794. The summed E-state index contributed by atoms with van der Waals surface area (Å²) in [5, 5.41) is 6.07. The number of para-hydroxylation sites is 2. The van der Waals surface area contributed by atoms with E-state index in [1.807, 2.05) is 47.8 Å². The van der Waals surface area contributed by atoms with Gasteiger partial charge in [-0.2, -0.15) is 0 Å². The first-order valence-electron chi connectivity index (χ1n) is 6.14. The third-order valence-corrected chi connectivity index (χ3v) is 3.54. The molecule has 0 unspecified atom stereocenters. The Morgan fingerprint density at radius 1 is 1.05 bits per heavy atom. The number of anilines is 2. The topological polar surface area (TPSA) is 47.0 Å². The van der Waals surface area contributed by atoms with E-state index in [4.69, 9.17) is 4.74 Å². The molecule has 3 aromatic rings. The average Bonchev–Trinajstić information content (AvgIpc) is 2.97. The van der Waals surface area contributed by atoms with Crippen LogP contribution in [0, 0.1) is 0 Å². The van der Waals surface area contributed by atoms with Crippen molar-refractivity contribution in [3.63, 3.8) is 0 Å². The van der Waals surface area contributed by atoms with Crippen LogP contribution in [0.2, 0.25) is 0 Å². The lowest BCUT2D eigenvalue weighted by Crippen LogP contribution is -1.93. The highest BCUT2D eigenvalue weighted by molar-refractivity contribution is 7.14. The quantitative estimate of drug-likeness (QED) is 0.787. The highest BCUT2D eigenvalue weighted by Crippen LogP contribution is 2.30. The zero-order valence-corrected chi connectivity index (χ0v) is 11.7. The van der Waals surface area contributed by atoms with Gasteiger partial charge in [0.15, 0.2) is 5.13 Å². The summed E-state index contributed by atoms with van der Waals surface area (Å²) in [6.07, 6.45) is 1.77. The van der Waals surface area contributed by atoms with E-state index < -0.39 is 0 Å². The number of rotatable bonds is 4. The number of hydrogen-bond acceptors (Lipinski definition) is 5. The molecule has 0 radical (unpaired) electrons. The third kappa shape index (κ3) is 2.62. The molecule has 0 amide bonds. The van der Waals surface area contributed by atoms with E-state index in [0.29, 0.717) is 0 Å². The van der Waals surface area contributed by atoms with E-state index in [1.54, 1.807) is 24.6 Å². The van der Waals surface area contributed by atoms with Gasteiger partial charge in [0.25, 0.3) is 0 Å². The maximum atomic E-state index is 5.31. The summed E-state index contributed by atoms with van der Waals surface area (Å²) in [5.74, 6) is 0.794.